The molecule has 0 bridgehead atoms. The lowest BCUT2D eigenvalue weighted by atomic mass is 9.97. The summed E-state index contributed by atoms with van der Waals surface area (Å²) in [5.74, 6) is -6.20. The molecule has 0 unspecified atom stereocenters. The molecule has 2 heterocycles. The molecule has 0 atom stereocenters. The minimum absolute atomic E-state index is 0.00446. The molecule has 1 aromatic heterocycles. The van der Waals surface area contributed by atoms with Gasteiger partial charge >= 0.3 is 5.97 Å². The number of carbonyl (C=O) groups excluding carboxylic acids is 2. The molecule has 0 saturated carbocycles. The molecule has 0 saturated heterocycles. The molecule has 0 radical (unpaired) electrons. The minimum atomic E-state index is -3.46. The van der Waals surface area contributed by atoms with Crippen LogP contribution in [0, 0.1) is 6.92 Å². The van der Waals surface area contributed by atoms with Gasteiger partial charge in [0.2, 0.25) is 5.91 Å². The molecule has 4 rings (SSSR count). The average Bonchev–Trinajstić information content (AvgIpc) is 3.24. The molecule has 1 aliphatic rings. The van der Waals surface area contributed by atoms with Crippen LogP contribution in [0.25, 0.3) is 11.3 Å². The van der Waals surface area contributed by atoms with E-state index in [-0.39, 0.29) is 28.4 Å². The maximum absolute atomic E-state index is 15.3. The van der Waals surface area contributed by atoms with Gasteiger partial charge in [0, 0.05) is 43.4 Å². The topological polar surface area (TPSA) is 95.7 Å². The third-order valence-corrected chi connectivity index (χ3v) is 6.27. The van der Waals surface area contributed by atoms with Gasteiger partial charge in [-0.2, -0.15) is 5.10 Å². The standard InChI is InChI=1S/C26H23ClF2N4O4/c1-16-9-11-33(30-16)17-7-8-19(21(27)13-17)25(37)32-12-10-26(28,29)20(18-5-3-4-6-22(18)32)14-23(34)31(2)15-24(35)36/h3-9,11,13-14H,10,12,15H2,1-2H3,(H,35,36). The van der Waals surface area contributed by atoms with Crippen molar-refractivity contribution in [3.8, 4) is 5.69 Å². The fraction of sp³-hybridized carbons (Fsp3) is 0.231. The zero-order chi connectivity index (χ0) is 26.9. The van der Waals surface area contributed by atoms with Crippen molar-refractivity contribution in [3.05, 3.63) is 82.6 Å². The van der Waals surface area contributed by atoms with Crippen molar-refractivity contribution in [2.75, 3.05) is 25.0 Å². The zero-order valence-corrected chi connectivity index (χ0v) is 20.7. The smallest absolute Gasteiger partial charge is 0.323 e. The van der Waals surface area contributed by atoms with E-state index in [9.17, 15) is 14.4 Å². The maximum atomic E-state index is 15.3. The Labute approximate surface area is 216 Å². The maximum Gasteiger partial charge on any atom is 0.323 e. The summed E-state index contributed by atoms with van der Waals surface area (Å²) in [5, 5.41) is 13.4. The molecule has 0 fully saturated rings. The van der Waals surface area contributed by atoms with Gasteiger partial charge < -0.3 is 14.9 Å². The number of carboxylic acids is 1. The second-order valence-corrected chi connectivity index (χ2v) is 9.05. The van der Waals surface area contributed by atoms with Crippen molar-refractivity contribution in [2.24, 2.45) is 0 Å². The number of fused-ring (bicyclic) bond motifs is 1. The number of para-hydroxylation sites is 1. The second-order valence-electron chi connectivity index (χ2n) is 8.64. The molecule has 3 aromatic rings. The van der Waals surface area contributed by atoms with E-state index in [0.717, 1.165) is 16.7 Å². The number of alkyl halides is 2. The number of nitrogens with zero attached hydrogens (tertiary/aromatic N) is 4. The highest BCUT2D eigenvalue weighted by Gasteiger charge is 2.41. The Kier molecular flexibility index (Phi) is 7.13. The summed E-state index contributed by atoms with van der Waals surface area (Å²) >= 11 is 6.45. The molecule has 37 heavy (non-hydrogen) atoms. The van der Waals surface area contributed by atoms with Gasteiger partial charge in [-0.3, -0.25) is 14.4 Å². The van der Waals surface area contributed by atoms with Crippen LogP contribution in [0.3, 0.4) is 0 Å². The number of carbonyl (C=O) groups is 3. The highest BCUT2D eigenvalue weighted by atomic mass is 35.5. The number of aryl methyl sites for hydroxylation is 1. The number of aliphatic carboxylic acids is 1. The van der Waals surface area contributed by atoms with Gasteiger partial charge in [0.05, 0.1) is 27.7 Å². The number of aromatic nitrogens is 2. The highest BCUT2D eigenvalue weighted by Crippen LogP contribution is 2.43. The summed E-state index contributed by atoms with van der Waals surface area (Å²) in [6.07, 6.45) is 1.74. The van der Waals surface area contributed by atoms with Gasteiger partial charge in [-0.25, -0.2) is 13.5 Å². The molecule has 2 aromatic carbocycles. The molecular formula is C26H23ClF2N4O4. The summed E-state index contributed by atoms with van der Waals surface area (Å²) in [4.78, 5) is 39.1. The summed E-state index contributed by atoms with van der Waals surface area (Å²) < 4.78 is 32.3. The van der Waals surface area contributed by atoms with Crippen LogP contribution in [-0.4, -0.2) is 63.6 Å². The third-order valence-electron chi connectivity index (χ3n) is 5.96. The van der Waals surface area contributed by atoms with Crippen molar-refractivity contribution >= 4 is 40.6 Å². The van der Waals surface area contributed by atoms with Crippen LogP contribution in [-0.2, 0) is 9.59 Å². The molecule has 8 nitrogen and oxygen atoms in total. The lowest BCUT2D eigenvalue weighted by molar-refractivity contribution is -0.141. The van der Waals surface area contributed by atoms with E-state index in [2.05, 4.69) is 5.10 Å². The second kappa shape index (κ2) is 10.1. The quantitative estimate of drug-likeness (QED) is 0.494. The average molecular weight is 529 g/mol. The molecule has 192 valence electrons. The number of amides is 2. The summed E-state index contributed by atoms with van der Waals surface area (Å²) in [7, 11) is 1.21. The van der Waals surface area contributed by atoms with Gasteiger partial charge in [-0.05, 0) is 37.3 Å². The summed E-state index contributed by atoms with van der Waals surface area (Å²) in [6.45, 7) is 0.853. The number of benzene rings is 2. The number of carboxylic acid groups (broad SMARTS) is 1. The monoisotopic (exact) mass is 528 g/mol. The van der Waals surface area contributed by atoms with Crippen LogP contribution >= 0.6 is 11.6 Å². The van der Waals surface area contributed by atoms with E-state index in [1.165, 1.54) is 36.2 Å². The van der Waals surface area contributed by atoms with Crippen LogP contribution in [0.4, 0.5) is 14.5 Å². The van der Waals surface area contributed by atoms with Gasteiger partial charge in [-0.1, -0.05) is 29.8 Å². The Bertz CT molecular complexity index is 1420. The lowest BCUT2D eigenvalue weighted by Crippen LogP contribution is -2.33. The van der Waals surface area contributed by atoms with Crippen molar-refractivity contribution in [2.45, 2.75) is 19.3 Å². The molecule has 0 aliphatic carbocycles. The normalized spacial score (nSPS) is 15.7. The Morgan fingerprint density at radius 3 is 2.57 bits per heavy atom. The van der Waals surface area contributed by atoms with Crippen LogP contribution in [0.2, 0.25) is 5.02 Å². The largest absolute Gasteiger partial charge is 0.480 e. The first-order chi connectivity index (χ1) is 17.5. The molecular weight excluding hydrogens is 506 g/mol. The predicted molar refractivity (Wildman–Crippen MR) is 134 cm³/mol. The van der Waals surface area contributed by atoms with E-state index in [1.807, 2.05) is 13.0 Å². The number of hydrogen-bond donors (Lipinski definition) is 1. The van der Waals surface area contributed by atoms with Crippen molar-refractivity contribution in [1.29, 1.82) is 0 Å². The first-order valence-electron chi connectivity index (χ1n) is 11.3. The number of likely N-dealkylation sites (N-methyl/N-ethyl adjacent to an activating group) is 1. The molecule has 11 heteroatoms. The van der Waals surface area contributed by atoms with Gasteiger partial charge in [0.15, 0.2) is 0 Å². The highest BCUT2D eigenvalue weighted by molar-refractivity contribution is 6.34. The Hall–Kier alpha value is -4.05. The third kappa shape index (κ3) is 5.39. The minimum Gasteiger partial charge on any atom is -0.480 e. The SMILES string of the molecule is Cc1ccn(-c2ccc(C(=O)N3CCC(F)(F)C(=CC(=O)N(C)CC(=O)O)c4ccccc43)c(Cl)c2)n1. The Morgan fingerprint density at radius 2 is 1.92 bits per heavy atom. The van der Waals surface area contributed by atoms with E-state index >= 15 is 8.78 Å². The van der Waals surface area contributed by atoms with Crippen molar-refractivity contribution in [3.63, 3.8) is 0 Å². The van der Waals surface area contributed by atoms with E-state index in [4.69, 9.17) is 16.7 Å². The zero-order valence-electron chi connectivity index (χ0n) is 20.0. The summed E-state index contributed by atoms with van der Waals surface area (Å²) in [5.41, 5.74) is 1.15. The fourth-order valence-corrected chi connectivity index (χ4v) is 4.33. The van der Waals surface area contributed by atoms with Crippen LogP contribution < -0.4 is 4.90 Å². The van der Waals surface area contributed by atoms with Crippen LogP contribution in [0.5, 0.6) is 0 Å². The van der Waals surface area contributed by atoms with Crippen LogP contribution in [0.15, 0.2) is 60.8 Å². The fourth-order valence-electron chi connectivity index (χ4n) is 4.07. The number of halogens is 3. The van der Waals surface area contributed by atoms with Crippen molar-refractivity contribution < 1.29 is 28.3 Å². The number of hydrogen-bond acceptors (Lipinski definition) is 4. The van der Waals surface area contributed by atoms with E-state index in [1.54, 1.807) is 29.1 Å². The number of anilines is 1. The molecule has 2 amide bonds. The lowest BCUT2D eigenvalue weighted by Gasteiger charge is -2.23. The first-order valence-corrected chi connectivity index (χ1v) is 11.7. The number of allylic oxidation sites excluding steroid dienone is 1. The van der Waals surface area contributed by atoms with E-state index in [0.29, 0.717) is 5.69 Å². The van der Waals surface area contributed by atoms with Gasteiger partial charge in [0.25, 0.3) is 11.8 Å². The molecule has 0 spiro atoms. The molecule has 1 N–H and O–H groups in total. The molecule has 1 aliphatic heterocycles. The van der Waals surface area contributed by atoms with Crippen molar-refractivity contribution in [1.82, 2.24) is 14.7 Å². The predicted octanol–water partition coefficient (Wildman–Crippen LogP) is 4.45. The van der Waals surface area contributed by atoms with Gasteiger partial charge in [-0.15, -0.1) is 0 Å². The Balaban J connectivity index is 1.73. The van der Waals surface area contributed by atoms with Crippen LogP contribution in [0.1, 0.15) is 28.0 Å². The number of rotatable bonds is 5. The summed E-state index contributed by atoms with van der Waals surface area (Å²) in [6, 6.07) is 12.6. The first kappa shape index (κ1) is 26.0. The Morgan fingerprint density at radius 1 is 1.19 bits per heavy atom. The van der Waals surface area contributed by atoms with E-state index < -0.39 is 42.2 Å². The van der Waals surface area contributed by atoms with Gasteiger partial charge in [0.1, 0.15) is 6.54 Å².